The molecule has 0 saturated carbocycles. The molecule has 0 aromatic heterocycles. The highest BCUT2D eigenvalue weighted by atomic mass is 35.5. The van der Waals surface area contributed by atoms with Gasteiger partial charge in [0.1, 0.15) is 12.2 Å². The van der Waals surface area contributed by atoms with Gasteiger partial charge in [-0.2, -0.15) is 0 Å². The first-order valence-corrected chi connectivity index (χ1v) is 7.95. The number of carbonyl (C=O) groups excluding carboxylic acids is 3. The molecule has 2 N–H and O–H groups in total. The van der Waals surface area contributed by atoms with Crippen LogP contribution in [-0.2, 0) is 20.9 Å². The first-order chi connectivity index (χ1) is 12.4. The molecule has 2 amide bonds. The maximum Gasteiger partial charge on any atom is 0.315 e. The van der Waals surface area contributed by atoms with E-state index in [1.54, 1.807) is 12.1 Å². The summed E-state index contributed by atoms with van der Waals surface area (Å²) in [6.45, 7) is 0.142. The van der Waals surface area contributed by atoms with Gasteiger partial charge in [-0.25, -0.2) is 4.39 Å². The quantitative estimate of drug-likeness (QED) is 0.598. The van der Waals surface area contributed by atoms with Crippen LogP contribution in [0.1, 0.15) is 22.3 Å². The Labute approximate surface area is 154 Å². The van der Waals surface area contributed by atoms with Crippen LogP contribution in [0.25, 0.3) is 0 Å². The Hall–Kier alpha value is -2.93. The monoisotopic (exact) mass is 378 g/mol. The molecule has 6 nitrogen and oxygen atoms in total. The summed E-state index contributed by atoms with van der Waals surface area (Å²) < 4.78 is 17.6. The molecule has 0 atom stereocenters. The molecular formula is C18H16ClFN2O4. The van der Waals surface area contributed by atoms with Gasteiger partial charge in [-0.15, -0.1) is 0 Å². The van der Waals surface area contributed by atoms with Gasteiger partial charge in [-0.1, -0.05) is 23.7 Å². The van der Waals surface area contributed by atoms with Crippen molar-refractivity contribution >= 4 is 35.1 Å². The number of halogens is 2. The largest absolute Gasteiger partial charge is 0.469 e. The van der Waals surface area contributed by atoms with Crippen molar-refractivity contribution in [2.24, 2.45) is 0 Å². The number of benzene rings is 2. The minimum Gasteiger partial charge on any atom is -0.469 e. The standard InChI is InChI=1S/C18H16ClFN2O4/c1-26-17(24)9-16(23)22-15-8-12(5-6-14(15)19)18(25)21-10-11-3-2-4-13(20)7-11/h2-8H,9-10H2,1H3,(H,21,25)(H,22,23). The topological polar surface area (TPSA) is 84.5 Å². The van der Waals surface area contributed by atoms with Gasteiger partial charge in [0.15, 0.2) is 0 Å². The first-order valence-electron chi connectivity index (χ1n) is 7.58. The number of amides is 2. The number of anilines is 1. The molecule has 0 aliphatic heterocycles. The van der Waals surface area contributed by atoms with E-state index in [1.807, 2.05) is 0 Å². The molecule has 2 aromatic carbocycles. The Morgan fingerprint density at radius 2 is 1.92 bits per heavy atom. The van der Waals surface area contributed by atoms with Crippen LogP contribution in [0.2, 0.25) is 5.02 Å². The molecule has 0 bridgehead atoms. The third-order valence-electron chi connectivity index (χ3n) is 3.38. The summed E-state index contributed by atoms with van der Waals surface area (Å²) in [4.78, 5) is 35.1. The lowest BCUT2D eigenvalue weighted by Gasteiger charge is -2.10. The molecule has 26 heavy (non-hydrogen) atoms. The second-order valence-corrected chi connectivity index (χ2v) is 5.72. The van der Waals surface area contributed by atoms with E-state index in [0.717, 1.165) is 0 Å². The predicted octanol–water partition coefficient (Wildman–Crippen LogP) is 2.91. The molecule has 0 unspecified atom stereocenters. The van der Waals surface area contributed by atoms with Crippen molar-refractivity contribution in [3.05, 3.63) is 64.4 Å². The molecule has 136 valence electrons. The molecular weight excluding hydrogens is 363 g/mol. The minimum absolute atomic E-state index is 0.142. The maximum atomic E-state index is 13.1. The van der Waals surface area contributed by atoms with Crippen molar-refractivity contribution in [3.63, 3.8) is 0 Å². The van der Waals surface area contributed by atoms with Crippen LogP contribution >= 0.6 is 11.6 Å². The molecule has 2 rings (SSSR count). The number of esters is 1. The van der Waals surface area contributed by atoms with Crippen LogP contribution in [0.15, 0.2) is 42.5 Å². The van der Waals surface area contributed by atoms with Crippen LogP contribution in [0.4, 0.5) is 10.1 Å². The van der Waals surface area contributed by atoms with E-state index < -0.39 is 24.2 Å². The second-order valence-electron chi connectivity index (χ2n) is 5.31. The number of nitrogens with one attached hydrogen (secondary N) is 2. The van der Waals surface area contributed by atoms with Crippen molar-refractivity contribution in [1.82, 2.24) is 5.32 Å². The van der Waals surface area contributed by atoms with Crippen LogP contribution in [-0.4, -0.2) is 24.9 Å². The normalized spacial score (nSPS) is 10.1. The minimum atomic E-state index is -0.692. The SMILES string of the molecule is COC(=O)CC(=O)Nc1cc(C(=O)NCc2cccc(F)c2)ccc1Cl. The van der Waals surface area contributed by atoms with Crippen LogP contribution in [0.3, 0.4) is 0 Å². The third-order valence-corrected chi connectivity index (χ3v) is 3.71. The van der Waals surface area contributed by atoms with Crippen molar-refractivity contribution in [2.75, 3.05) is 12.4 Å². The van der Waals surface area contributed by atoms with Crippen LogP contribution in [0, 0.1) is 5.82 Å². The molecule has 8 heteroatoms. The molecule has 0 radical (unpaired) electrons. The Bertz CT molecular complexity index is 842. The van der Waals surface area contributed by atoms with Crippen LogP contribution in [0.5, 0.6) is 0 Å². The van der Waals surface area contributed by atoms with E-state index in [1.165, 1.54) is 37.4 Å². The molecule has 0 heterocycles. The fourth-order valence-corrected chi connectivity index (χ4v) is 2.26. The summed E-state index contributed by atoms with van der Waals surface area (Å²) in [6.07, 6.45) is -0.469. The fraction of sp³-hybridized carbons (Fsp3) is 0.167. The molecule has 0 saturated heterocycles. The lowest BCUT2D eigenvalue weighted by atomic mass is 10.1. The van der Waals surface area contributed by atoms with Gasteiger partial charge in [0, 0.05) is 12.1 Å². The summed E-state index contributed by atoms with van der Waals surface area (Å²) >= 11 is 6.00. The average Bonchev–Trinajstić information content (AvgIpc) is 2.61. The van der Waals surface area contributed by atoms with Gasteiger partial charge in [-0.05, 0) is 35.9 Å². The first kappa shape index (κ1) is 19.4. The number of ether oxygens (including phenoxy) is 1. The summed E-state index contributed by atoms with van der Waals surface area (Å²) in [5.41, 5.74) is 1.05. The molecule has 0 aliphatic rings. The zero-order valence-corrected chi connectivity index (χ0v) is 14.6. The van der Waals surface area contributed by atoms with E-state index >= 15 is 0 Å². The van der Waals surface area contributed by atoms with Crippen molar-refractivity contribution in [3.8, 4) is 0 Å². The van der Waals surface area contributed by atoms with Crippen molar-refractivity contribution in [2.45, 2.75) is 13.0 Å². The lowest BCUT2D eigenvalue weighted by Crippen LogP contribution is -2.23. The fourth-order valence-electron chi connectivity index (χ4n) is 2.09. The maximum absolute atomic E-state index is 13.1. The highest BCUT2D eigenvalue weighted by Gasteiger charge is 2.14. The second kappa shape index (κ2) is 8.96. The Morgan fingerprint density at radius 1 is 1.15 bits per heavy atom. The van der Waals surface area contributed by atoms with Crippen molar-refractivity contribution in [1.29, 1.82) is 0 Å². The third kappa shape index (κ3) is 5.56. The summed E-state index contributed by atoms with van der Waals surface area (Å²) in [5.74, 6) is -2.12. The van der Waals surface area contributed by atoms with Crippen LogP contribution < -0.4 is 10.6 Å². The van der Waals surface area contributed by atoms with E-state index in [-0.39, 0.29) is 28.6 Å². The van der Waals surface area contributed by atoms with Gasteiger partial charge in [-0.3, -0.25) is 14.4 Å². The smallest absolute Gasteiger partial charge is 0.315 e. The Morgan fingerprint density at radius 3 is 2.62 bits per heavy atom. The molecule has 2 aromatic rings. The van der Waals surface area contributed by atoms with Gasteiger partial charge >= 0.3 is 5.97 Å². The Kier molecular flexibility index (Phi) is 6.68. The van der Waals surface area contributed by atoms with Crippen molar-refractivity contribution < 1.29 is 23.5 Å². The zero-order valence-electron chi connectivity index (χ0n) is 13.8. The van der Waals surface area contributed by atoms with Gasteiger partial charge in [0.05, 0.1) is 17.8 Å². The zero-order chi connectivity index (χ0) is 19.1. The van der Waals surface area contributed by atoms with Gasteiger partial charge in [0.2, 0.25) is 5.91 Å². The average molecular weight is 379 g/mol. The number of methoxy groups -OCH3 is 1. The molecule has 0 spiro atoms. The van der Waals surface area contributed by atoms with E-state index in [0.29, 0.717) is 5.56 Å². The van der Waals surface area contributed by atoms with E-state index in [9.17, 15) is 18.8 Å². The number of hydrogen-bond acceptors (Lipinski definition) is 4. The Balaban J connectivity index is 2.04. The lowest BCUT2D eigenvalue weighted by molar-refractivity contribution is -0.142. The number of hydrogen-bond donors (Lipinski definition) is 2. The summed E-state index contributed by atoms with van der Waals surface area (Å²) in [7, 11) is 1.17. The summed E-state index contributed by atoms with van der Waals surface area (Å²) in [5, 5.41) is 5.31. The highest BCUT2D eigenvalue weighted by molar-refractivity contribution is 6.34. The number of rotatable bonds is 6. The predicted molar refractivity (Wildman–Crippen MR) is 94.3 cm³/mol. The van der Waals surface area contributed by atoms with E-state index in [4.69, 9.17) is 11.6 Å². The van der Waals surface area contributed by atoms with Gasteiger partial charge < -0.3 is 15.4 Å². The molecule has 0 aliphatic carbocycles. The molecule has 0 fully saturated rings. The summed E-state index contributed by atoms with van der Waals surface area (Å²) in [6, 6.07) is 10.2. The van der Waals surface area contributed by atoms with Gasteiger partial charge in [0.25, 0.3) is 5.91 Å². The van der Waals surface area contributed by atoms with E-state index in [2.05, 4.69) is 15.4 Å². The highest BCUT2D eigenvalue weighted by Crippen LogP contribution is 2.23. The number of carbonyl (C=O) groups is 3.